The van der Waals surface area contributed by atoms with E-state index < -0.39 is 0 Å². The number of hydrogen-bond donors (Lipinski definition) is 1. The zero-order chi connectivity index (χ0) is 10.9. The van der Waals surface area contributed by atoms with Crippen molar-refractivity contribution in [3.63, 3.8) is 0 Å². The predicted molar refractivity (Wildman–Crippen MR) is 70.1 cm³/mol. The molecule has 0 aromatic rings. The second-order valence-electron chi connectivity index (χ2n) is 4.97. The van der Waals surface area contributed by atoms with Crippen molar-refractivity contribution in [2.75, 3.05) is 7.05 Å². The molecular formula is C12H20INO. The summed E-state index contributed by atoms with van der Waals surface area (Å²) in [5, 5.41) is 2.85. The second-order valence-corrected chi connectivity index (χ2v) is 6.98. The molecule has 2 rings (SSSR count). The van der Waals surface area contributed by atoms with Crippen LogP contribution in [0.4, 0.5) is 0 Å². The van der Waals surface area contributed by atoms with Gasteiger partial charge in [-0.1, -0.05) is 41.9 Å². The lowest BCUT2D eigenvalue weighted by molar-refractivity contribution is -0.127. The van der Waals surface area contributed by atoms with Gasteiger partial charge in [-0.25, -0.2) is 0 Å². The molecule has 0 heterocycles. The SMILES string of the molecule is CNC(=O)C1CCCCC1(I)C1CCC1. The van der Waals surface area contributed by atoms with Crippen LogP contribution in [0.25, 0.3) is 0 Å². The number of hydrogen-bond acceptors (Lipinski definition) is 1. The van der Waals surface area contributed by atoms with E-state index in [1.165, 1.54) is 38.5 Å². The van der Waals surface area contributed by atoms with Crippen LogP contribution in [-0.2, 0) is 4.79 Å². The normalized spacial score (nSPS) is 37.1. The van der Waals surface area contributed by atoms with Crippen molar-refractivity contribution < 1.29 is 4.79 Å². The first-order valence-corrected chi connectivity index (χ1v) is 7.17. The van der Waals surface area contributed by atoms with Crippen LogP contribution < -0.4 is 5.32 Å². The van der Waals surface area contributed by atoms with E-state index in [4.69, 9.17) is 0 Å². The highest BCUT2D eigenvalue weighted by Gasteiger charge is 2.49. The van der Waals surface area contributed by atoms with Gasteiger partial charge in [0.2, 0.25) is 5.91 Å². The summed E-state index contributed by atoms with van der Waals surface area (Å²) >= 11 is 2.61. The summed E-state index contributed by atoms with van der Waals surface area (Å²) in [6, 6.07) is 0. The molecule has 2 fully saturated rings. The third-order valence-corrected chi connectivity index (χ3v) is 6.40. The summed E-state index contributed by atoms with van der Waals surface area (Å²) in [5.41, 5.74) is 0. The molecule has 2 unspecified atom stereocenters. The topological polar surface area (TPSA) is 29.1 Å². The van der Waals surface area contributed by atoms with E-state index in [-0.39, 0.29) is 15.2 Å². The number of halogens is 1. The van der Waals surface area contributed by atoms with Crippen molar-refractivity contribution in [1.82, 2.24) is 5.32 Å². The first-order chi connectivity index (χ1) is 7.18. The Kier molecular flexibility index (Phi) is 3.58. The molecule has 0 bridgehead atoms. The molecule has 0 radical (unpaired) electrons. The second kappa shape index (κ2) is 4.60. The van der Waals surface area contributed by atoms with E-state index in [9.17, 15) is 4.79 Å². The molecule has 1 N–H and O–H groups in total. The largest absolute Gasteiger partial charge is 0.359 e. The van der Waals surface area contributed by atoms with E-state index in [0.29, 0.717) is 0 Å². The first-order valence-electron chi connectivity index (χ1n) is 6.09. The summed E-state index contributed by atoms with van der Waals surface area (Å²) in [4.78, 5) is 11.9. The third-order valence-electron chi connectivity index (χ3n) is 4.23. The van der Waals surface area contributed by atoms with Crippen molar-refractivity contribution in [2.45, 2.75) is 48.4 Å². The monoisotopic (exact) mass is 321 g/mol. The Morgan fingerprint density at radius 1 is 1.27 bits per heavy atom. The van der Waals surface area contributed by atoms with Crippen molar-refractivity contribution >= 4 is 28.5 Å². The van der Waals surface area contributed by atoms with Gasteiger partial charge in [-0.05, 0) is 31.6 Å². The van der Waals surface area contributed by atoms with Crippen LogP contribution in [-0.4, -0.2) is 16.4 Å². The highest BCUT2D eigenvalue weighted by atomic mass is 127. The molecule has 0 aromatic heterocycles. The van der Waals surface area contributed by atoms with Gasteiger partial charge >= 0.3 is 0 Å². The summed E-state index contributed by atoms with van der Waals surface area (Å²) in [6.45, 7) is 0. The van der Waals surface area contributed by atoms with Crippen LogP contribution in [0.2, 0.25) is 0 Å². The van der Waals surface area contributed by atoms with E-state index in [1.807, 2.05) is 0 Å². The molecule has 0 aromatic carbocycles. The summed E-state index contributed by atoms with van der Waals surface area (Å²) in [6.07, 6.45) is 8.95. The molecule has 1 amide bonds. The van der Waals surface area contributed by atoms with Gasteiger partial charge in [0.15, 0.2) is 0 Å². The fourth-order valence-electron chi connectivity index (χ4n) is 3.06. The fraction of sp³-hybridized carbons (Fsp3) is 0.917. The average Bonchev–Trinajstić information content (AvgIpc) is 2.14. The Morgan fingerprint density at radius 3 is 2.53 bits per heavy atom. The smallest absolute Gasteiger partial charge is 0.224 e. The highest BCUT2D eigenvalue weighted by Crippen LogP contribution is 2.53. The van der Waals surface area contributed by atoms with Gasteiger partial charge in [-0.3, -0.25) is 4.79 Å². The van der Waals surface area contributed by atoms with Gasteiger partial charge in [-0.2, -0.15) is 0 Å². The van der Waals surface area contributed by atoms with Crippen LogP contribution in [0.1, 0.15) is 44.9 Å². The Labute approximate surface area is 106 Å². The molecule has 2 saturated carbocycles. The van der Waals surface area contributed by atoms with Crippen molar-refractivity contribution in [2.24, 2.45) is 11.8 Å². The number of carbonyl (C=O) groups is 1. The van der Waals surface area contributed by atoms with Gasteiger partial charge in [0.1, 0.15) is 0 Å². The van der Waals surface area contributed by atoms with Gasteiger partial charge in [0.05, 0.1) is 5.92 Å². The van der Waals surface area contributed by atoms with E-state index in [1.54, 1.807) is 7.05 Å². The lowest BCUT2D eigenvalue weighted by Gasteiger charge is -2.48. The molecule has 86 valence electrons. The quantitative estimate of drug-likeness (QED) is 0.615. The van der Waals surface area contributed by atoms with E-state index >= 15 is 0 Å². The number of carbonyl (C=O) groups excluding carboxylic acids is 1. The number of alkyl halides is 1. The van der Waals surface area contributed by atoms with Crippen LogP contribution in [0.5, 0.6) is 0 Å². The minimum atomic E-state index is 0.266. The molecule has 2 aliphatic rings. The number of nitrogens with one attached hydrogen (secondary N) is 1. The van der Waals surface area contributed by atoms with Gasteiger partial charge < -0.3 is 5.32 Å². The van der Waals surface area contributed by atoms with Crippen LogP contribution >= 0.6 is 22.6 Å². The molecule has 2 nitrogen and oxygen atoms in total. The maximum Gasteiger partial charge on any atom is 0.224 e. The fourth-order valence-corrected chi connectivity index (χ4v) is 4.66. The molecule has 0 spiro atoms. The third kappa shape index (κ3) is 2.04. The van der Waals surface area contributed by atoms with Crippen molar-refractivity contribution in [3.8, 4) is 0 Å². The molecule has 2 aliphatic carbocycles. The molecule has 0 aliphatic heterocycles. The first kappa shape index (κ1) is 11.7. The Bertz CT molecular complexity index is 252. The van der Waals surface area contributed by atoms with Crippen molar-refractivity contribution in [3.05, 3.63) is 0 Å². The minimum Gasteiger partial charge on any atom is -0.359 e. The molecule has 0 saturated heterocycles. The summed E-state index contributed by atoms with van der Waals surface area (Å²) < 4.78 is 0.272. The minimum absolute atomic E-state index is 0.266. The Balaban J connectivity index is 2.13. The van der Waals surface area contributed by atoms with Crippen LogP contribution in [0, 0.1) is 11.8 Å². The van der Waals surface area contributed by atoms with Crippen molar-refractivity contribution in [1.29, 1.82) is 0 Å². The molecule has 15 heavy (non-hydrogen) atoms. The zero-order valence-electron chi connectivity index (χ0n) is 9.39. The van der Waals surface area contributed by atoms with Crippen LogP contribution in [0.3, 0.4) is 0 Å². The lowest BCUT2D eigenvalue weighted by atomic mass is 9.65. The standard InChI is InChI=1S/C12H20INO/c1-14-11(15)10-7-2-3-8-12(10,13)9-5-4-6-9/h9-10H,2-8H2,1H3,(H,14,15). The van der Waals surface area contributed by atoms with Crippen LogP contribution in [0.15, 0.2) is 0 Å². The summed E-state index contributed by atoms with van der Waals surface area (Å²) in [7, 11) is 1.77. The van der Waals surface area contributed by atoms with Gasteiger partial charge in [0.25, 0.3) is 0 Å². The van der Waals surface area contributed by atoms with Gasteiger partial charge in [-0.15, -0.1) is 0 Å². The van der Waals surface area contributed by atoms with E-state index in [2.05, 4.69) is 27.9 Å². The number of amides is 1. The molecular weight excluding hydrogens is 301 g/mol. The zero-order valence-corrected chi connectivity index (χ0v) is 11.5. The van der Waals surface area contributed by atoms with Gasteiger partial charge in [0, 0.05) is 10.5 Å². The van der Waals surface area contributed by atoms with E-state index in [0.717, 1.165) is 12.3 Å². The maximum atomic E-state index is 11.9. The number of rotatable bonds is 2. The Hall–Kier alpha value is 0.200. The average molecular weight is 321 g/mol. The summed E-state index contributed by atoms with van der Waals surface area (Å²) in [5.74, 6) is 1.35. The lowest BCUT2D eigenvalue weighted by Crippen LogP contribution is -2.50. The maximum absolute atomic E-state index is 11.9. The molecule has 2 atom stereocenters. The molecule has 3 heteroatoms. The Morgan fingerprint density at radius 2 is 2.00 bits per heavy atom. The predicted octanol–water partition coefficient (Wildman–Crippen LogP) is 2.90. The highest BCUT2D eigenvalue weighted by molar-refractivity contribution is 14.1.